The van der Waals surface area contributed by atoms with Crippen LogP contribution in [0.25, 0.3) is 5.95 Å². The molecule has 1 fully saturated rings. The lowest BCUT2D eigenvalue weighted by Crippen LogP contribution is -2.44. The van der Waals surface area contributed by atoms with E-state index in [4.69, 9.17) is 9.47 Å². The maximum atomic E-state index is 12.9. The van der Waals surface area contributed by atoms with Gasteiger partial charge in [-0.1, -0.05) is 6.07 Å². The first kappa shape index (κ1) is 19.8. The summed E-state index contributed by atoms with van der Waals surface area (Å²) in [7, 11) is 0. The minimum absolute atomic E-state index is 0.131. The van der Waals surface area contributed by atoms with Crippen LogP contribution in [-0.2, 0) is 11.2 Å². The van der Waals surface area contributed by atoms with Gasteiger partial charge in [0, 0.05) is 43.4 Å². The van der Waals surface area contributed by atoms with E-state index in [9.17, 15) is 9.90 Å². The monoisotopic (exact) mass is 442 g/mol. The first-order valence-electron chi connectivity index (χ1n) is 10.1. The van der Waals surface area contributed by atoms with Crippen LogP contribution >= 0.6 is 11.5 Å². The molecule has 0 aliphatic carbocycles. The Labute approximate surface area is 182 Å². The largest absolute Gasteiger partial charge is 0.486 e. The molecule has 0 spiro atoms. The van der Waals surface area contributed by atoms with Crippen LogP contribution in [0.2, 0.25) is 0 Å². The second-order valence-electron chi connectivity index (χ2n) is 7.42. The number of imidazole rings is 1. The van der Waals surface area contributed by atoms with Gasteiger partial charge in [0.15, 0.2) is 11.5 Å². The van der Waals surface area contributed by atoms with Crippen molar-refractivity contribution >= 4 is 22.6 Å². The Morgan fingerprint density at radius 1 is 1.29 bits per heavy atom. The molecule has 2 aliphatic rings. The van der Waals surface area contributed by atoms with Crippen molar-refractivity contribution in [1.82, 2.24) is 24.2 Å². The first-order chi connectivity index (χ1) is 15.2. The van der Waals surface area contributed by atoms with Gasteiger partial charge in [-0.15, -0.1) is 0 Å². The molecule has 5 rings (SSSR count). The number of ether oxygens (including phenoxy) is 2. The lowest BCUT2D eigenvalue weighted by molar-refractivity contribution is -0.122. The number of aliphatic hydroxyl groups is 1. The molecule has 0 radical (unpaired) electrons. The van der Waals surface area contributed by atoms with E-state index in [1.54, 1.807) is 23.3 Å². The summed E-state index contributed by atoms with van der Waals surface area (Å²) >= 11 is 1.20. The summed E-state index contributed by atoms with van der Waals surface area (Å²) in [5, 5.41) is 13.8. The number of amides is 1. The molecule has 0 unspecified atom stereocenters. The molecule has 2 aliphatic heterocycles. The van der Waals surface area contributed by atoms with Crippen LogP contribution in [0.1, 0.15) is 12.0 Å². The minimum atomic E-state index is -0.589. The average molecular weight is 443 g/mol. The van der Waals surface area contributed by atoms with Crippen molar-refractivity contribution in [2.75, 3.05) is 31.2 Å². The number of nitrogens with zero attached hydrogens (tertiary/aromatic N) is 5. The summed E-state index contributed by atoms with van der Waals surface area (Å²) in [6.07, 6.45) is 5.46. The molecule has 1 saturated heterocycles. The number of benzene rings is 1. The molecule has 0 saturated carbocycles. The highest BCUT2D eigenvalue weighted by molar-refractivity contribution is 7.09. The Bertz CT molecular complexity index is 1060. The smallest absolute Gasteiger partial charge is 0.248 e. The van der Waals surface area contributed by atoms with E-state index < -0.39 is 12.1 Å². The van der Waals surface area contributed by atoms with Gasteiger partial charge in [0.1, 0.15) is 25.6 Å². The molecule has 2 N–H and O–H groups in total. The topological polar surface area (TPSA) is 115 Å². The molecule has 1 aromatic carbocycles. The molecule has 2 atom stereocenters. The predicted octanol–water partition coefficient (Wildman–Crippen LogP) is 0.793. The summed E-state index contributed by atoms with van der Waals surface area (Å²) < 4.78 is 17.2. The Hall–Kier alpha value is -3.18. The van der Waals surface area contributed by atoms with Gasteiger partial charge >= 0.3 is 0 Å². The zero-order chi connectivity index (χ0) is 21.2. The minimum Gasteiger partial charge on any atom is -0.486 e. The molecule has 3 aromatic rings. The Morgan fingerprint density at radius 3 is 3.00 bits per heavy atom. The van der Waals surface area contributed by atoms with Crippen LogP contribution in [0, 0.1) is 0 Å². The highest BCUT2D eigenvalue weighted by atomic mass is 32.1. The summed E-state index contributed by atoms with van der Waals surface area (Å²) in [5.74, 6) is 1.86. The number of aliphatic hydroxyl groups excluding tert-OH is 1. The zero-order valence-corrected chi connectivity index (χ0v) is 17.5. The number of fused-ring (bicyclic) bond motifs is 1. The van der Waals surface area contributed by atoms with E-state index >= 15 is 0 Å². The van der Waals surface area contributed by atoms with E-state index in [-0.39, 0.29) is 5.91 Å². The summed E-state index contributed by atoms with van der Waals surface area (Å²) in [5.41, 5.74) is 1.06. The number of hydrogen-bond donors (Lipinski definition) is 2. The lowest BCUT2D eigenvalue weighted by Gasteiger charge is -2.22. The van der Waals surface area contributed by atoms with Gasteiger partial charge in [-0.3, -0.25) is 9.36 Å². The van der Waals surface area contributed by atoms with E-state index in [0.717, 1.165) is 17.1 Å². The fraction of sp³-hybridized carbons (Fsp3) is 0.400. The number of β-amino-alcohol motifs (C(OH)–C–C–N with tert-alkyl or cyclic N) is 1. The van der Waals surface area contributed by atoms with Gasteiger partial charge in [0.05, 0.1) is 6.10 Å². The first-order valence-corrected chi connectivity index (χ1v) is 10.9. The van der Waals surface area contributed by atoms with Crippen LogP contribution < -0.4 is 19.7 Å². The quantitative estimate of drug-likeness (QED) is 0.576. The number of carbonyl (C=O) groups excluding carboxylic acids is 1. The summed E-state index contributed by atoms with van der Waals surface area (Å²) in [6, 6.07) is 5.34. The molecule has 11 heteroatoms. The fourth-order valence-corrected chi connectivity index (χ4v) is 4.50. The number of anilines is 1. The summed E-state index contributed by atoms with van der Waals surface area (Å²) in [6.45, 7) is 1.93. The van der Waals surface area contributed by atoms with Crippen LogP contribution in [0.15, 0.2) is 36.9 Å². The van der Waals surface area contributed by atoms with E-state index in [0.29, 0.717) is 50.2 Å². The zero-order valence-electron chi connectivity index (χ0n) is 16.7. The normalized spacial score (nSPS) is 20.1. The maximum Gasteiger partial charge on any atom is 0.248 e. The number of aromatic nitrogens is 4. The van der Waals surface area contributed by atoms with Crippen molar-refractivity contribution in [2.45, 2.75) is 25.0 Å². The fourth-order valence-electron chi connectivity index (χ4n) is 3.77. The van der Waals surface area contributed by atoms with Crippen molar-refractivity contribution in [3.05, 3.63) is 42.5 Å². The molecule has 0 bridgehead atoms. The average Bonchev–Trinajstić information content (AvgIpc) is 3.53. The third-order valence-electron chi connectivity index (χ3n) is 5.29. The van der Waals surface area contributed by atoms with Gasteiger partial charge in [0.2, 0.25) is 17.0 Å². The molecular formula is C20H22N6O4S. The van der Waals surface area contributed by atoms with Gasteiger partial charge in [-0.25, -0.2) is 4.98 Å². The number of hydrogen-bond acceptors (Lipinski definition) is 9. The molecule has 1 amide bonds. The standard InChI is InChI=1S/C20H22N6O4S/c27-14-10-15(26(11-14)20-23-19(24-31-20)25-6-5-21-12-25)18(28)22-4-3-13-1-2-16-17(9-13)30-8-7-29-16/h1-2,5-6,9,12,14-15,27H,3-4,7-8,10-11H2,(H,22,28)/t14-,15-/m1/s1. The van der Waals surface area contributed by atoms with Crippen molar-refractivity contribution in [1.29, 1.82) is 0 Å². The molecule has 162 valence electrons. The Morgan fingerprint density at radius 2 is 2.16 bits per heavy atom. The van der Waals surface area contributed by atoms with Crippen molar-refractivity contribution < 1.29 is 19.4 Å². The molecule has 10 nitrogen and oxygen atoms in total. The van der Waals surface area contributed by atoms with Crippen molar-refractivity contribution in [3.63, 3.8) is 0 Å². The number of rotatable bonds is 6. The maximum absolute atomic E-state index is 12.9. The third kappa shape index (κ3) is 4.19. The van der Waals surface area contributed by atoms with Gasteiger partial charge in [0.25, 0.3) is 0 Å². The van der Waals surface area contributed by atoms with Crippen LogP contribution in [0.4, 0.5) is 5.13 Å². The SMILES string of the molecule is O=C(NCCc1ccc2c(c1)OCCO2)[C@H]1C[C@@H](O)CN1c1nc(-n2ccnc2)ns1. The summed E-state index contributed by atoms with van der Waals surface area (Å²) in [4.78, 5) is 23.2. The van der Waals surface area contributed by atoms with Gasteiger partial charge < -0.3 is 24.8 Å². The highest BCUT2D eigenvalue weighted by Crippen LogP contribution is 2.31. The molecule has 2 aromatic heterocycles. The van der Waals surface area contributed by atoms with Crippen LogP contribution in [0.3, 0.4) is 0 Å². The second-order valence-corrected chi connectivity index (χ2v) is 8.15. The Balaban J connectivity index is 1.21. The second kappa shape index (κ2) is 8.52. The van der Waals surface area contributed by atoms with Crippen molar-refractivity contribution in [3.8, 4) is 17.4 Å². The van der Waals surface area contributed by atoms with E-state index in [1.165, 1.54) is 11.5 Å². The molecule has 31 heavy (non-hydrogen) atoms. The lowest BCUT2D eigenvalue weighted by atomic mass is 10.1. The molecular weight excluding hydrogens is 420 g/mol. The number of nitrogens with one attached hydrogen (secondary N) is 1. The molecule has 4 heterocycles. The third-order valence-corrected chi connectivity index (χ3v) is 6.03. The van der Waals surface area contributed by atoms with Crippen LogP contribution in [0.5, 0.6) is 11.5 Å². The van der Waals surface area contributed by atoms with Gasteiger partial charge in [-0.2, -0.15) is 9.36 Å². The highest BCUT2D eigenvalue weighted by Gasteiger charge is 2.37. The van der Waals surface area contributed by atoms with Crippen molar-refractivity contribution in [2.24, 2.45) is 0 Å². The van der Waals surface area contributed by atoms with E-state index in [1.807, 2.05) is 23.1 Å². The van der Waals surface area contributed by atoms with E-state index in [2.05, 4.69) is 19.7 Å². The Kier molecular flexibility index (Phi) is 5.43. The number of carbonyl (C=O) groups is 1. The predicted molar refractivity (Wildman–Crippen MR) is 113 cm³/mol. The van der Waals surface area contributed by atoms with Crippen LogP contribution in [-0.4, -0.2) is 68.4 Å². The van der Waals surface area contributed by atoms with Gasteiger partial charge in [-0.05, 0) is 24.1 Å².